The number of rotatable bonds is 27. The molecular formula is C51H60F6N4O12. The Balaban J connectivity index is 0.000000385. The Hall–Kier alpha value is -7.46. The number of ether oxygens (including phenoxy) is 6. The molecule has 0 radical (unpaired) electrons. The molecule has 398 valence electrons. The van der Waals surface area contributed by atoms with Crippen LogP contribution < -0.4 is 32.4 Å². The Bertz CT molecular complexity index is 2420. The van der Waals surface area contributed by atoms with Crippen molar-refractivity contribution in [2.75, 3.05) is 62.6 Å². The first-order valence-electron chi connectivity index (χ1n) is 22.9. The zero-order valence-corrected chi connectivity index (χ0v) is 39.8. The van der Waals surface area contributed by atoms with Gasteiger partial charge in [0.1, 0.15) is 18.1 Å². The number of hydrogen-bond acceptors (Lipinski definition) is 16. The van der Waals surface area contributed by atoms with Crippen LogP contribution in [0.25, 0.3) is 12.2 Å². The normalized spacial score (nSPS) is 11.5. The highest BCUT2D eigenvalue weighted by molar-refractivity contribution is 5.92. The molecule has 0 amide bonds. The average molecular weight is 1040 g/mol. The van der Waals surface area contributed by atoms with Crippen LogP contribution in [0.15, 0.2) is 84.9 Å². The van der Waals surface area contributed by atoms with Crippen LogP contribution in [0.2, 0.25) is 0 Å². The highest BCUT2D eigenvalue weighted by Crippen LogP contribution is 2.25. The molecule has 0 saturated heterocycles. The third-order valence-electron chi connectivity index (χ3n) is 9.83. The van der Waals surface area contributed by atoms with Gasteiger partial charge in [-0.1, -0.05) is 12.1 Å². The van der Waals surface area contributed by atoms with Crippen molar-refractivity contribution in [1.82, 2.24) is 0 Å². The second-order valence-corrected chi connectivity index (χ2v) is 16.0. The molecule has 0 aliphatic heterocycles. The zero-order valence-electron chi connectivity index (χ0n) is 39.8. The molecule has 0 heterocycles. The van der Waals surface area contributed by atoms with Crippen molar-refractivity contribution in [3.05, 3.63) is 118 Å². The van der Waals surface area contributed by atoms with Gasteiger partial charge in [-0.25, -0.2) is 19.2 Å². The maximum Gasteiger partial charge on any atom is 0.422 e. The number of aliphatic hydroxyl groups is 2. The van der Waals surface area contributed by atoms with Gasteiger partial charge >= 0.3 is 36.2 Å². The van der Waals surface area contributed by atoms with Gasteiger partial charge in [0.2, 0.25) is 0 Å². The van der Waals surface area contributed by atoms with Crippen LogP contribution >= 0.6 is 0 Å². The summed E-state index contributed by atoms with van der Waals surface area (Å²) in [5.74, 6) is -2.02. The van der Waals surface area contributed by atoms with E-state index >= 15 is 0 Å². The predicted octanol–water partition coefficient (Wildman–Crippen LogP) is 8.91. The lowest BCUT2D eigenvalue weighted by Crippen LogP contribution is -2.19. The van der Waals surface area contributed by atoms with Crippen LogP contribution in [0, 0.1) is 0 Å². The molecule has 10 N–H and O–H groups in total. The van der Waals surface area contributed by atoms with Crippen molar-refractivity contribution in [3.8, 4) is 11.5 Å². The second kappa shape index (κ2) is 31.1. The van der Waals surface area contributed by atoms with Gasteiger partial charge in [0.05, 0.1) is 57.2 Å². The second-order valence-electron chi connectivity index (χ2n) is 16.0. The molecule has 0 spiro atoms. The minimum absolute atomic E-state index is 0.266. The minimum Gasteiger partial charge on any atom is -0.493 e. The third-order valence-corrected chi connectivity index (χ3v) is 9.83. The number of halogens is 6. The Morgan fingerprint density at radius 2 is 0.849 bits per heavy atom. The Morgan fingerprint density at radius 3 is 1.22 bits per heavy atom. The molecule has 73 heavy (non-hydrogen) atoms. The van der Waals surface area contributed by atoms with Gasteiger partial charge in [-0.05, 0) is 135 Å². The number of unbranched alkanes of at least 4 members (excludes halogenated alkanes) is 6. The fraction of sp³-hybridized carbons (Fsp3) is 0.373. The molecule has 22 heteroatoms. The Kier molecular flexibility index (Phi) is 25.5. The topological polar surface area (TPSA) is 268 Å². The maximum absolute atomic E-state index is 12.1. The van der Waals surface area contributed by atoms with E-state index in [1.807, 2.05) is 0 Å². The number of hydrogen-bond donors (Lipinski definition) is 6. The third kappa shape index (κ3) is 25.5. The quantitative estimate of drug-likeness (QED) is 0.00813. The molecule has 0 fully saturated rings. The Labute approximate surface area is 417 Å². The predicted molar refractivity (Wildman–Crippen MR) is 260 cm³/mol. The van der Waals surface area contributed by atoms with E-state index in [1.54, 1.807) is 48.5 Å². The van der Waals surface area contributed by atoms with E-state index in [-0.39, 0.29) is 26.4 Å². The van der Waals surface area contributed by atoms with Crippen molar-refractivity contribution in [1.29, 1.82) is 0 Å². The molecule has 4 rings (SSSR count). The molecule has 16 nitrogen and oxygen atoms in total. The summed E-state index contributed by atoms with van der Waals surface area (Å²) in [6, 6.07) is 18.8. The van der Waals surface area contributed by atoms with Crippen molar-refractivity contribution in [3.63, 3.8) is 0 Å². The van der Waals surface area contributed by atoms with Crippen LogP contribution in [-0.4, -0.2) is 86.1 Å². The van der Waals surface area contributed by atoms with E-state index in [4.69, 9.17) is 41.9 Å². The summed E-state index contributed by atoms with van der Waals surface area (Å²) >= 11 is 0. The number of anilines is 4. The maximum atomic E-state index is 12.1. The standard InChI is InChI=1S/C26H31F3N2O6.C25H29F3N2O6/c27-26(28,29)9-12-36-24(33)8-6-18-5-7-23(20(13-18)17-32)35-10-3-1-2-4-11-37-25(34)19-14-21(30)16-22(31)15-19;26-25(27,28)16-36-23(32)8-6-17-5-7-22(19(11-17)15-31)34-9-3-1-2-4-10-35-24(33)18-12-20(29)14-21(30)13-18/h5-8,13-16,32H,1-4,9-12,17,30-31H2;5-8,11-14,31H,1-4,9-10,15-16,29-30H2/b2*8-6+. The minimum atomic E-state index is -4.59. The lowest BCUT2D eigenvalue weighted by atomic mass is 10.1. The summed E-state index contributed by atoms with van der Waals surface area (Å²) in [6.07, 6.45) is 0.543. The van der Waals surface area contributed by atoms with E-state index in [2.05, 4.69) is 9.47 Å². The van der Waals surface area contributed by atoms with Crippen molar-refractivity contribution >= 4 is 58.8 Å². The molecule has 0 unspecified atom stereocenters. The fourth-order valence-electron chi connectivity index (χ4n) is 6.34. The van der Waals surface area contributed by atoms with Gasteiger partial charge in [-0.3, -0.25) is 0 Å². The van der Waals surface area contributed by atoms with Gasteiger partial charge in [-0.15, -0.1) is 0 Å². The zero-order chi connectivity index (χ0) is 53.8. The number of benzene rings is 4. The van der Waals surface area contributed by atoms with Crippen LogP contribution in [0.3, 0.4) is 0 Å². The summed E-state index contributed by atoms with van der Waals surface area (Å²) in [5.41, 5.74) is 26.9. The van der Waals surface area contributed by atoms with Crippen molar-refractivity contribution in [2.24, 2.45) is 0 Å². The molecular weight excluding hydrogens is 975 g/mol. The molecule has 0 aliphatic rings. The van der Waals surface area contributed by atoms with Crippen molar-refractivity contribution in [2.45, 2.75) is 83.4 Å². The molecule has 0 aromatic heterocycles. The lowest BCUT2D eigenvalue weighted by molar-refractivity contribution is -0.182. The van der Waals surface area contributed by atoms with Crippen molar-refractivity contribution < 1.29 is 84.2 Å². The van der Waals surface area contributed by atoms with Gasteiger partial charge in [0.15, 0.2) is 6.61 Å². The van der Waals surface area contributed by atoms with E-state index in [1.165, 1.54) is 36.4 Å². The molecule has 0 bridgehead atoms. The fourth-order valence-corrected chi connectivity index (χ4v) is 6.34. The highest BCUT2D eigenvalue weighted by atomic mass is 19.4. The molecule has 0 aliphatic carbocycles. The first-order chi connectivity index (χ1) is 34.6. The van der Waals surface area contributed by atoms with E-state index in [0.29, 0.717) is 93.7 Å². The summed E-state index contributed by atoms with van der Waals surface area (Å²) in [5, 5.41) is 19.2. The van der Waals surface area contributed by atoms with E-state index < -0.39 is 55.9 Å². The largest absolute Gasteiger partial charge is 0.493 e. The number of aliphatic hydroxyl groups excluding tert-OH is 2. The van der Waals surface area contributed by atoms with Crippen LogP contribution in [0.5, 0.6) is 11.5 Å². The van der Waals surface area contributed by atoms with Gasteiger partial charge in [0, 0.05) is 46.0 Å². The first-order valence-corrected chi connectivity index (χ1v) is 22.9. The van der Waals surface area contributed by atoms with Crippen LogP contribution in [0.1, 0.15) is 101 Å². The number of esters is 4. The SMILES string of the molecule is Nc1cc(N)cc(C(=O)OCCCCCCOc2ccc(/C=C/C(=O)OCC(F)(F)F)cc2CO)c1.Nc1cc(N)cc(C(=O)OCCCCCCOc2ccc(/C=C/C(=O)OCCC(F)(F)F)cc2CO)c1. The average Bonchev–Trinajstić information content (AvgIpc) is 3.32. The lowest BCUT2D eigenvalue weighted by Gasteiger charge is -2.11. The number of carbonyl (C=O) groups excluding carboxylic acids is 4. The van der Waals surface area contributed by atoms with Gasteiger partial charge in [-0.2, -0.15) is 26.3 Å². The summed E-state index contributed by atoms with van der Waals surface area (Å²) < 4.78 is 103. The number of carbonyl (C=O) groups is 4. The van der Waals surface area contributed by atoms with Gasteiger partial charge < -0.3 is 61.6 Å². The first kappa shape index (κ1) is 59.8. The Morgan fingerprint density at radius 1 is 0.466 bits per heavy atom. The molecule has 0 atom stereocenters. The summed E-state index contributed by atoms with van der Waals surface area (Å²) in [4.78, 5) is 46.9. The van der Waals surface area contributed by atoms with Crippen LogP contribution in [0.4, 0.5) is 49.1 Å². The monoisotopic (exact) mass is 1030 g/mol. The van der Waals surface area contributed by atoms with E-state index in [9.17, 15) is 55.7 Å². The number of nitrogen functional groups attached to an aromatic ring is 4. The molecule has 4 aromatic carbocycles. The van der Waals surface area contributed by atoms with E-state index in [0.717, 1.165) is 50.7 Å². The van der Waals surface area contributed by atoms with Gasteiger partial charge in [0.25, 0.3) is 0 Å². The molecule has 0 saturated carbocycles. The molecule has 4 aromatic rings. The summed E-state index contributed by atoms with van der Waals surface area (Å²) in [6.45, 7) is -1.67. The highest BCUT2D eigenvalue weighted by Gasteiger charge is 2.29. The smallest absolute Gasteiger partial charge is 0.422 e. The van der Waals surface area contributed by atoms with Crippen LogP contribution in [-0.2, 0) is 41.8 Å². The number of alkyl halides is 6. The summed E-state index contributed by atoms with van der Waals surface area (Å²) in [7, 11) is 0. The number of nitrogens with two attached hydrogens (primary N) is 4.